The summed E-state index contributed by atoms with van der Waals surface area (Å²) in [6.45, 7) is 3.46. The monoisotopic (exact) mass is 1060 g/mol. The van der Waals surface area contributed by atoms with Gasteiger partial charge in [-0.25, -0.2) is 4.57 Å². The van der Waals surface area contributed by atoms with Crippen molar-refractivity contribution in [3.05, 3.63) is 158 Å². The van der Waals surface area contributed by atoms with E-state index in [9.17, 15) is 19.0 Å². The Bertz CT molecular complexity index is 1780. The van der Waals surface area contributed by atoms with Crippen molar-refractivity contribution in [1.29, 1.82) is 0 Å². The molecule has 0 aromatic rings. The molecule has 0 amide bonds. The lowest BCUT2D eigenvalue weighted by molar-refractivity contribution is -0.161. The first-order chi connectivity index (χ1) is 36.8. The third-order valence-corrected chi connectivity index (χ3v) is 12.4. The molecule has 0 bridgehead atoms. The average molecular weight is 1060 g/mol. The number of carbonyl (C=O) groups excluding carboxylic acids is 2. The van der Waals surface area contributed by atoms with Gasteiger partial charge in [0.15, 0.2) is 6.10 Å². The summed E-state index contributed by atoms with van der Waals surface area (Å²) < 4.78 is 33.0. The minimum Gasteiger partial charge on any atom is -0.462 e. The van der Waals surface area contributed by atoms with Gasteiger partial charge in [0.1, 0.15) is 6.61 Å². The number of phosphoric acid groups is 1. The predicted molar refractivity (Wildman–Crippen MR) is 320 cm³/mol. The van der Waals surface area contributed by atoms with Crippen molar-refractivity contribution in [3.8, 4) is 0 Å². The molecule has 0 saturated heterocycles. The molecule has 0 aliphatic rings. The number of phosphoric ester groups is 1. The maximum Gasteiger partial charge on any atom is 0.472 e. The van der Waals surface area contributed by atoms with Gasteiger partial charge in [-0.2, -0.15) is 0 Å². The van der Waals surface area contributed by atoms with Crippen LogP contribution in [-0.2, 0) is 32.7 Å². The predicted octanol–water partition coefficient (Wildman–Crippen LogP) is 18.5. The van der Waals surface area contributed by atoms with Crippen LogP contribution in [0, 0.1) is 0 Å². The van der Waals surface area contributed by atoms with Gasteiger partial charge in [0.2, 0.25) is 0 Å². The summed E-state index contributed by atoms with van der Waals surface area (Å²) in [5.74, 6) is -0.871. The number of unbranched alkanes of at least 4 members (excludes halogenated alkanes) is 13. The SMILES string of the molecule is CC/C=C\C/C=C\C/C=C\C/C=C\C/C=C\C/C=C\C/C=C\CCCCCCCCCC(=O)OC(COC(=O)CCCCCCCC/C=C\C/C=C\C/C=C\C/C=C\C/C=C\C/C=C\CC)COP(=O)(O)OCCN. The van der Waals surface area contributed by atoms with Crippen molar-refractivity contribution in [3.63, 3.8) is 0 Å². The number of hydrogen-bond donors (Lipinski definition) is 2. The quantitative estimate of drug-likeness (QED) is 0.0264. The van der Waals surface area contributed by atoms with E-state index in [1.807, 2.05) is 0 Å². The van der Waals surface area contributed by atoms with Crippen molar-refractivity contribution in [2.24, 2.45) is 5.73 Å². The van der Waals surface area contributed by atoms with Gasteiger partial charge < -0.3 is 20.1 Å². The Hall–Kier alpha value is -4.37. The zero-order valence-corrected chi connectivity index (χ0v) is 47.9. The first-order valence-electron chi connectivity index (χ1n) is 29.0. The van der Waals surface area contributed by atoms with E-state index >= 15 is 0 Å². The van der Waals surface area contributed by atoms with Gasteiger partial charge >= 0.3 is 19.8 Å². The number of ether oxygens (including phenoxy) is 2. The molecule has 0 aromatic heterocycles. The number of carbonyl (C=O) groups is 2. The maximum absolute atomic E-state index is 12.7. The Morgan fingerprint density at radius 1 is 0.400 bits per heavy atom. The second-order valence-corrected chi connectivity index (χ2v) is 19.8. The molecule has 2 unspecified atom stereocenters. The number of rotatable bonds is 52. The summed E-state index contributed by atoms with van der Waals surface area (Å²) in [5.41, 5.74) is 5.38. The zero-order valence-electron chi connectivity index (χ0n) is 47.0. The van der Waals surface area contributed by atoms with Crippen molar-refractivity contribution in [1.82, 2.24) is 0 Å². The van der Waals surface area contributed by atoms with E-state index in [2.05, 4.69) is 172 Å². The summed E-state index contributed by atoms with van der Waals surface area (Å²) >= 11 is 0. The molecule has 422 valence electrons. The van der Waals surface area contributed by atoms with Crippen molar-refractivity contribution >= 4 is 19.8 Å². The van der Waals surface area contributed by atoms with Crippen LogP contribution in [0.15, 0.2) is 158 Å². The highest BCUT2D eigenvalue weighted by molar-refractivity contribution is 7.47. The number of nitrogens with two attached hydrogens (primary N) is 1. The van der Waals surface area contributed by atoms with E-state index in [0.29, 0.717) is 12.8 Å². The Morgan fingerprint density at radius 3 is 1.03 bits per heavy atom. The minimum absolute atomic E-state index is 0.0396. The van der Waals surface area contributed by atoms with Gasteiger partial charge in [-0.05, 0) is 122 Å². The lowest BCUT2D eigenvalue weighted by Crippen LogP contribution is -2.29. The summed E-state index contributed by atoms with van der Waals surface area (Å²) in [6, 6.07) is 0. The fourth-order valence-electron chi connectivity index (χ4n) is 7.21. The lowest BCUT2D eigenvalue weighted by atomic mass is 10.1. The van der Waals surface area contributed by atoms with Gasteiger partial charge in [-0.1, -0.05) is 230 Å². The van der Waals surface area contributed by atoms with Gasteiger partial charge in [-0.3, -0.25) is 18.6 Å². The lowest BCUT2D eigenvalue weighted by Gasteiger charge is -2.19. The fourth-order valence-corrected chi connectivity index (χ4v) is 7.97. The van der Waals surface area contributed by atoms with E-state index < -0.39 is 32.5 Å². The molecule has 0 radical (unpaired) electrons. The van der Waals surface area contributed by atoms with Gasteiger partial charge in [-0.15, -0.1) is 0 Å². The Balaban J connectivity index is 4.11. The molecular weight excluding hydrogens is 954 g/mol. The van der Waals surface area contributed by atoms with Crippen LogP contribution in [0.5, 0.6) is 0 Å². The highest BCUT2D eigenvalue weighted by atomic mass is 31.2. The molecule has 75 heavy (non-hydrogen) atoms. The molecule has 0 heterocycles. The third-order valence-electron chi connectivity index (χ3n) is 11.4. The zero-order chi connectivity index (χ0) is 54.5. The van der Waals surface area contributed by atoms with E-state index in [-0.39, 0.29) is 32.6 Å². The summed E-state index contributed by atoms with van der Waals surface area (Å²) in [5, 5.41) is 0. The molecule has 10 heteroatoms. The second-order valence-electron chi connectivity index (χ2n) is 18.4. The summed E-state index contributed by atoms with van der Waals surface area (Å²) in [6.07, 6.45) is 85.7. The molecule has 0 rings (SSSR count). The van der Waals surface area contributed by atoms with E-state index in [1.165, 1.54) is 12.8 Å². The van der Waals surface area contributed by atoms with E-state index in [0.717, 1.165) is 154 Å². The first-order valence-corrected chi connectivity index (χ1v) is 30.5. The van der Waals surface area contributed by atoms with Gasteiger partial charge in [0.25, 0.3) is 0 Å². The molecule has 0 saturated carbocycles. The molecule has 0 aromatic carbocycles. The second kappa shape index (κ2) is 58.9. The van der Waals surface area contributed by atoms with Crippen LogP contribution in [0.3, 0.4) is 0 Å². The summed E-state index contributed by atoms with van der Waals surface area (Å²) in [7, 11) is -4.41. The highest BCUT2D eigenvalue weighted by Crippen LogP contribution is 2.43. The molecule has 0 aliphatic carbocycles. The number of allylic oxidation sites excluding steroid dienone is 26. The van der Waals surface area contributed by atoms with Crippen LogP contribution in [0.2, 0.25) is 0 Å². The van der Waals surface area contributed by atoms with Crippen LogP contribution in [0.1, 0.15) is 206 Å². The average Bonchev–Trinajstić information content (AvgIpc) is 3.40. The van der Waals surface area contributed by atoms with Crippen molar-refractivity contribution < 1.29 is 37.6 Å². The normalized spacial score (nSPS) is 14.2. The van der Waals surface area contributed by atoms with Crippen LogP contribution in [0.4, 0.5) is 0 Å². The van der Waals surface area contributed by atoms with E-state index in [1.54, 1.807) is 0 Å². The molecule has 0 spiro atoms. The topological polar surface area (TPSA) is 134 Å². The van der Waals surface area contributed by atoms with Crippen LogP contribution < -0.4 is 5.73 Å². The highest BCUT2D eigenvalue weighted by Gasteiger charge is 2.26. The maximum atomic E-state index is 12.7. The minimum atomic E-state index is -4.41. The third kappa shape index (κ3) is 58.7. The fraction of sp³-hybridized carbons (Fsp3) is 0.569. The largest absolute Gasteiger partial charge is 0.472 e. The Kier molecular flexibility index (Phi) is 55.5. The number of esters is 2. The standard InChI is InChI=1S/C65H104NO8P/c1-3-5-7-9-11-13-15-17-19-21-23-25-27-29-30-31-32-34-36-38-40-42-44-46-48-50-52-54-56-58-65(68)74-63(62-73-75(69,70)72-60-59-66)61-71-64(67)57-55-53-51-49-47-45-43-41-39-37-35-33-28-26-24-22-20-18-16-14-12-10-8-6-4-2/h5-8,11-14,17-20,23-26,29-30,32-35,38-41,63H,3-4,9-10,15-16,21-22,27-28,31,36-37,42-62,66H2,1-2H3,(H,69,70)/b7-5-,8-6-,13-11-,14-12-,19-17-,20-18-,25-23-,26-24-,30-29-,34-32-,35-33-,40-38-,41-39-. The molecule has 2 atom stereocenters. The summed E-state index contributed by atoms with van der Waals surface area (Å²) in [4.78, 5) is 35.2. The van der Waals surface area contributed by atoms with Gasteiger partial charge in [0.05, 0.1) is 13.2 Å². The number of hydrogen-bond acceptors (Lipinski definition) is 8. The Morgan fingerprint density at radius 2 is 0.693 bits per heavy atom. The first kappa shape index (κ1) is 70.6. The Labute approximate surface area is 458 Å². The van der Waals surface area contributed by atoms with Crippen LogP contribution in [-0.4, -0.2) is 49.3 Å². The van der Waals surface area contributed by atoms with Crippen LogP contribution in [0.25, 0.3) is 0 Å². The van der Waals surface area contributed by atoms with E-state index in [4.69, 9.17) is 24.3 Å². The van der Waals surface area contributed by atoms with Crippen molar-refractivity contribution in [2.75, 3.05) is 26.4 Å². The smallest absolute Gasteiger partial charge is 0.462 e. The molecule has 9 nitrogen and oxygen atoms in total. The van der Waals surface area contributed by atoms with Crippen LogP contribution >= 0.6 is 7.82 Å². The van der Waals surface area contributed by atoms with Gasteiger partial charge in [0, 0.05) is 19.4 Å². The molecular formula is C65H104NO8P. The van der Waals surface area contributed by atoms with Crippen molar-refractivity contribution in [2.45, 2.75) is 213 Å². The molecule has 3 N–H and O–H groups in total. The molecule has 0 aliphatic heterocycles. The molecule has 0 fully saturated rings.